The lowest BCUT2D eigenvalue weighted by molar-refractivity contribution is -0.138. The third-order valence-electron chi connectivity index (χ3n) is 2.37. The van der Waals surface area contributed by atoms with E-state index in [-0.39, 0.29) is 11.3 Å². The summed E-state index contributed by atoms with van der Waals surface area (Å²) in [5, 5.41) is 7.92. The van der Waals surface area contributed by atoms with Crippen molar-refractivity contribution in [2.24, 2.45) is 0 Å². The zero-order valence-corrected chi connectivity index (χ0v) is 11.6. The fraction of sp³-hybridized carbons (Fsp3) is 0.182. The monoisotopic (exact) mass is 356 g/mol. The number of para-hydroxylation sites is 1. The largest absolute Gasteiger partial charge is 0.445 e. The van der Waals surface area contributed by atoms with Gasteiger partial charge in [-0.3, -0.25) is 5.32 Å². The van der Waals surface area contributed by atoms with Gasteiger partial charge in [-0.05, 0) is 12.1 Å². The zero-order valence-electron chi connectivity index (χ0n) is 10.8. The van der Waals surface area contributed by atoms with Crippen molar-refractivity contribution in [1.29, 1.82) is 0 Å². The van der Waals surface area contributed by atoms with Crippen LogP contribution < -0.4 is 10.6 Å². The fourth-order valence-electron chi connectivity index (χ4n) is 1.48. The normalized spacial score (nSPS) is 12.1. The highest BCUT2D eigenvalue weighted by atomic mass is 32.1. The van der Waals surface area contributed by atoms with Crippen molar-refractivity contribution in [1.82, 2.24) is 10.2 Å². The number of alkyl halides is 6. The van der Waals surface area contributed by atoms with Crippen LogP contribution >= 0.6 is 11.3 Å². The summed E-state index contributed by atoms with van der Waals surface area (Å²) in [6.07, 6.45) is -9.42. The molecule has 0 spiro atoms. The molecular weight excluding hydrogens is 350 g/mol. The molecule has 0 aliphatic heterocycles. The highest BCUT2D eigenvalue weighted by molar-refractivity contribution is 7.15. The Morgan fingerprint density at radius 1 is 0.957 bits per heavy atom. The summed E-state index contributed by atoms with van der Waals surface area (Å²) < 4.78 is 75.2. The van der Waals surface area contributed by atoms with Gasteiger partial charge >= 0.3 is 18.4 Å². The Bertz CT molecular complexity index is 711. The first-order valence-corrected chi connectivity index (χ1v) is 6.54. The van der Waals surface area contributed by atoms with Crippen molar-refractivity contribution in [3.63, 3.8) is 0 Å². The lowest BCUT2D eigenvalue weighted by Gasteiger charge is -2.13. The molecule has 0 unspecified atom stereocenters. The van der Waals surface area contributed by atoms with E-state index in [4.69, 9.17) is 0 Å². The second kappa shape index (κ2) is 6.02. The van der Waals surface area contributed by atoms with Gasteiger partial charge in [0.05, 0.1) is 11.3 Å². The number of anilines is 2. The third-order valence-corrected chi connectivity index (χ3v) is 3.25. The van der Waals surface area contributed by atoms with E-state index in [0.717, 1.165) is 18.2 Å². The van der Waals surface area contributed by atoms with Crippen molar-refractivity contribution < 1.29 is 31.1 Å². The molecule has 0 saturated heterocycles. The Morgan fingerprint density at radius 3 is 2.17 bits per heavy atom. The number of rotatable bonds is 2. The predicted octanol–water partition coefficient (Wildman–Crippen LogP) is 4.22. The van der Waals surface area contributed by atoms with Gasteiger partial charge in [-0.1, -0.05) is 23.5 Å². The Hall–Kier alpha value is -2.37. The van der Waals surface area contributed by atoms with E-state index >= 15 is 0 Å². The smallest absolute Gasteiger partial charge is 0.307 e. The Morgan fingerprint density at radius 2 is 1.61 bits per heavy atom. The van der Waals surface area contributed by atoms with Crippen molar-refractivity contribution in [2.45, 2.75) is 12.4 Å². The van der Waals surface area contributed by atoms with E-state index in [2.05, 4.69) is 10.2 Å². The molecule has 0 aliphatic rings. The second-order valence-electron chi connectivity index (χ2n) is 4.03. The summed E-state index contributed by atoms with van der Waals surface area (Å²) in [5.41, 5.74) is -1.64. The molecule has 2 amide bonds. The van der Waals surface area contributed by atoms with Gasteiger partial charge in [-0.2, -0.15) is 26.3 Å². The molecule has 5 nitrogen and oxygen atoms in total. The first-order valence-electron chi connectivity index (χ1n) is 5.72. The molecule has 1 aromatic carbocycles. The van der Waals surface area contributed by atoms with Gasteiger partial charge in [0.2, 0.25) is 10.1 Å². The number of urea groups is 1. The van der Waals surface area contributed by atoms with Gasteiger partial charge in [0.1, 0.15) is 0 Å². The number of aromatic nitrogens is 2. The highest BCUT2D eigenvalue weighted by Gasteiger charge is 2.36. The molecule has 0 atom stereocenters. The van der Waals surface area contributed by atoms with Crippen LogP contribution in [0, 0.1) is 0 Å². The first kappa shape index (κ1) is 17.0. The molecule has 1 aromatic heterocycles. The number of amides is 2. The summed E-state index contributed by atoms with van der Waals surface area (Å²) >= 11 is 0.0471. The number of hydrogen-bond donors (Lipinski definition) is 2. The number of carbonyl (C=O) groups excluding carboxylic acids is 1. The van der Waals surface area contributed by atoms with E-state index in [1.165, 1.54) is 6.07 Å². The molecule has 0 saturated carbocycles. The quantitative estimate of drug-likeness (QED) is 0.792. The van der Waals surface area contributed by atoms with Gasteiger partial charge in [0.25, 0.3) is 0 Å². The van der Waals surface area contributed by atoms with E-state index in [1.807, 2.05) is 10.6 Å². The average molecular weight is 356 g/mol. The van der Waals surface area contributed by atoms with Gasteiger partial charge in [0, 0.05) is 0 Å². The van der Waals surface area contributed by atoms with Crippen LogP contribution in [0.2, 0.25) is 0 Å². The summed E-state index contributed by atoms with van der Waals surface area (Å²) in [5.74, 6) is 0. The number of halogens is 6. The number of carbonyl (C=O) groups is 1. The fourth-order valence-corrected chi connectivity index (χ4v) is 2.08. The summed E-state index contributed by atoms with van der Waals surface area (Å²) in [7, 11) is 0. The van der Waals surface area contributed by atoms with Crippen LogP contribution in [0.1, 0.15) is 10.6 Å². The van der Waals surface area contributed by atoms with E-state index < -0.39 is 39.8 Å². The highest BCUT2D eigenvalue weighted by Crippen LogP contribution is 2.35. The van der Waals surface area contributed by atoms with Crippen molar-refractivity contribution in [3.8, 4) is 0 Å². The summed E-state index contributed by atoms with van der Waals surface area (Å²) in [4.78, 5) is 11.6. The molecule has 23 heavy (non-hydrogen) atoms. The molecule has 0 bridgehead atoms. The summed E-state index contributed by atoms with van der Waals surface area (Å²) in [6, 6.07) is 2.97. The number of benzene rings is 1. The predicted molar refractivity (Wildman–Crippen MR) is 69.0 cm³/mol. The van der Waals surface area contributed by atoms with Gasteiger partial charge < -0.3 is 5.32 Å². The van der Waals surface area contributed by atoms with Gasteiger partial charge in [0.15, 0.2) is 0 Å². The minimum atomic E-state index is -4.73. The maximum absolute atomic E-state index is 12.7. The number of hydrogen-bond acceptors (Lipinski definition) is 4. The first-order chi connectivity index (χ1) is 10.6. The van der Waals surface area contributed by atoms with Crippen molar-refractivity contribution in [2.75, 3.05) is 10.6 Å². The average Bonchev–Trinajstić information content (AvgIpc) is 2.86. The van der Waals surface area contributed by atoms with Crippen LogP contribution in [-0.4, -0.2) is 16.2 Å². The van der Waals surface area contributed by atoms with Crippen molar-refractivity contribution in [3.05, 3.63) is 34.8 Å². The van der Waals surface area contributed by atoms with Crippen LogP contribution in [-0.2, 0) is 12.4 Å². The van der Waals surface area contributed by atoms with E-state index in [1.54, 1.807) is 0 Å². The minimum absolute atomic E-state index is 0.0471. The molecule has 2 N–H and O–H groups in total. The maximum atomic E-state index is 12.7. The lowest BCUT2D eigenvalue weighted by Crippen LogP contribution is -2.21. The molecule has 0 aliphatic carbocycles. The van der Waals surface area contributed by atoms with Crippen LogP contribution in [0.4, 0.5) is 42.0 Å². The molecule has 12 heteroatoms. The van der Waals surface area contributed by atoms with Crippen LogP contribution in [0.15, 0.2) is 24.3 Å². The molecule has 2 aromatic rings. The Labute approximate surface area is 128 Å². The molecule has 0 fully saturated rings. The Kier molecular flexibility index (Phi) is 4.45. The standard InChI is InChI=1S/C11H6F6N4OS/c12-10(13,14)5-3-1-2-4-6(5)18-8(22)19-9-21-20-7(23-9)11(15,16)17/h1-4H,(H2,18,19,21,22). The third kappa shape index (κ3) is 4.31. The number of nitrogens with one attached hydrogen (secondary N) is 2. The molecule has 2 rings (SSSR count). The summed E-state index contributed by atoms with van der Waals surface area (Å²) in [6.45, 7) is 0. The van der Waals surface area contributed by atoms with Crippen LogP contribution in [0.3, 0.4) is 0 Å². The van der Waals surface area contributed by atoms with E-state index in [0.29, 0.717) is 0 Å². The minimum Gasteiger partial charge on any atom is -0.307 e. The molecule has 1 heterocycles. The van der Waals surface area contributed by atoms with Crippen molar-refractivity contribution >= 4 is 28.2 Å². The van der Waals surface area contributed by atoms with Gasteiger partial charge in [-0.25, -0.2) is 4.79 Å². The SMILES string of the molecule is O=C(Nc1nnc(C(F)(F)F)s1)Nc1ccccc1C(F)(F)F. The van der Waals surface area contributed by atoms with E-state index in [9.17, 15) is 31.1 Å². The van der Waals surface area contributed by atoms with Crippen LogP contribution in [0.5, 0.6) is 0 Å². The maximum Gasteiger partial charge on any atom is 0.445 e. The molecule has 0 radical (unpaired) electrons. The molecule has 124 valence electrons. The number of nitrogens with zero attached hydrogens (tertiary/aromatic N) is 2. The van der Waals surface area contributed by atoms with Crippen LogP contribution in [0.25, 0.3) is 0 Å². The second-order valence-corrected chi connectivity index (χ2v) is 5.01. The Balaban J connectivity index is 2.11. The molecular formula is C11H6F6N4OS. The lowest BCUT2D eigenvalue weighted by atomic mass is 10.1. The van der Waals surface area contributed by atoms with Gasteiger partial charge in [-0.15, -0.1) is 10.2 Å². The zero-order chi connectivity index (χ0) is 17.3. The topological polar surface area (TPSA) is 66.9 Å².